The summed E-state index contributed by atoms with van der Waals surface area (Å²) < 4.78 is 2.24. The van der Waals surface area contributed by atoms with E-state index in [1.807, 2.05) is 24.3 Å². The Hall–Kier alpha value is -3.30. The summed E-state index contributed by atoms with van der Waals surface area (Å²) in [5.41, 5.74) is 0.399. The van der Waals surface area contributed by atoms with Crippen molar-refractivity contribution < 1.29 is 4.79 Å². The zero-order valence-electron chi connectivity index (χ0n) is 16.0. The number of nitrogens with one attached hydrogen (secondary N) is 1. The van der Waals surface area contributed by atoms with Gasteiger partial charge in [0.15, 0.2) is 5.13 Å². The second kappa shape index (κ2) is 7.85. The van der Waals surface area contributed by atoms with Crippen LogP contribution in [0.2, 0.25) is 5.02 Å². The number of nitrogens with zero attached hydrogens (tertiary/aromatic N) is 4. The molecule has 152 valence electrons. The molecule has 0 radical (unpaired) electrons. The van der Waals surface area contributed by atoms with E-state index in [4.69, 9.17) is 11.6 Å². The van der Waals surface area contributed by atoms with Gasteiger partial charge in [0.25, 0.3) is 11.5 Å². The lowest BCUT2D eigenvalue weighted by Crippen LogP contribution is -2.37. The van der Waals surface area contributed by atoms with Gasteiger partial charge in [-0.3, -0.25) is 24.0 Å². The largest absolute Gasteiger partial charge is 0.332 e. The molecule has 0 saturated carbocycles. The highest BCUT2D eigenvalue weighted by molar-refractivity contribution is 7.15. The van der Waals surface area contributed by atoms with Gasteiger partial charge < -0.3 is 0 Å². The number of carbonyl (C=O) groups is 1. The van der Waals surface area contributed by atoms with Gasteiger partial charge in [0.05, 0.1) is 10.9 Å². The molecule has 1 N–H and O–H groups in total. The third-order valence-electron chi connectivity index (χ3n) is 4.65. The van der Waals surface area contributed by atoms with Crippen LogP contribution in [0.5, 0.6) is 0 Å². The summed E-state index contributed by atoms with van der Waals surface area (Å²) in [6.07, 6.45) is 3.62. The van der Waals surface area contributed by atoms with Gasteiger partial charge in [-0.1, -0.05) is 29.8 Å². The van der Waals surface area contributed by atoms with Gasteiger partial charge >= 0.3 is 5.69 Å². The molecule has 1 amide bonds. The maximum Gasteiger partial charge on any atom is 0.332 e. The summed E-state index contributed by atoms with van der Waals surface area (Å²) in [5.74, 6) is -0.445. The van der Waals surface area contributed by atoms with Crippen molar-refractivity contribution in [1.29, 1.82) is 0 Å². The van der Waals surface area contributed by atoms with Crippen molar-refractivity contribution in [3.63, 3.8) is 0 Å². The zero-order valence-corrected chi connectivity index (χ0v) is 17.6. The molecule has 10 heteroatoms. The van der Waals surface area contributed by atoms with E-state index in [0.29, 0.717) is 16.6 Å². The average Bonchev–Trinajstić information content (AvgIpc) is 3.18. The molecule has 0 aliphatic rings. The van der Waals surface area contributed by atoms with Crippen molar-refractivity contribution in [1.82, 2.24) is 19.1 Å². The van der Waals surface area contributed by atoms with Gasteiger partial charge in [0.2, 0.25) is 0 Å². The highest BCUT2D eigenvalue weighted by atomic mass is 35.5. The number of halogens is 1. The SMILES string of the molecule is Cn1c(=O)c2cc(C(=O)Nc3ncc(Cc4ccccc4Cl)s3)cnc2n(C)c1=O. The van der Waals surface area contributed by atoms with E-state index in [0.717, 1.165) is 15.0 Å². The number of rotatable bonds is 4. The number of amides is 1. The van der Waals surface area contributed by atoms with Crippen LogP contribution in [0.15, 0.2) is 52.3 Å². The predicted molar refractivity (Wildman–Crippen MR) is 117 cm³/mol. The van der Waals surface area contributed by atoms with Gasteiger partial charge in [-0.2, -0.15) is 0 Å². The van der Waals surface area contributed by atoms with Crippen molar-refractivity contribution in [2.45, 2.75) is 6.42 Å². The number of carbonyl (C=O) groups excluding carboxylic acids is 1. The molecule has 8 nitrogen and oxygen atoms in total. The highest BCUT2D eigenvalue weighted by Crippen LogP contribution is 2.25. The van der Waals surface area contributed by atoms with E-state index in [1.165, 1.54) is 42.3 Å². The first-order chi connectivity index (χ1) is 14.3. The van der Waals surface area contributed by atoms with Crippen LogP contribution in [0.3, 0.4) is 0 Å². The number of pyridine rings is 1. The first-order valence-electron chi connectivity index (χ1n) is 8.90. The molecule has 30 heavy (non-hydrogen) atoms. The Bertz CT molecular complexity index is 1410. The number of aromatic nitrogens is 4. The van der Waals surface area contributed by atoms with Gasteiger partial charge in [0.1, 0.15) is 5.65 Å². The molecule has 0 atom stereocenters. The Morgan fingerprint density at radius 2 is 1.90 bits per heavy atom. The topological polar surface area (TPSA) is 98.9 Å². The third-order valence-corrected chi connectivity index (χ3v) is 5.93. The third kappa shape index (κ3) is 3.64. The minimum atomic E-state index is -0.508. The average molecular weight is 442 g/mol. The quantitative estimate of drug-likeness (QED) is 0.524. The molecule has 3 heterocycles. The van der Waals surface area contributed by atoms with Crippen molar-refractivity contribution in [3.05, 3.63) is 84.6 Å². The van der Waals surface area contributed by atoms with E-state index in [9.17, 15) is 14.4 Å². The molecule has 4 aromatic rings. The lowest BCUT2D eigenvalue weighted by molar-refractivity contribution is 0.102. The van der Waals surface area contributed by atoms with Gasteiger partial charge in [-0.15, -0.1) is 11.3 Å². The second-order valence-corrected chi connectivity index (χ2v) is 8.18. The van der Waals surface area contributed by atoms with Crippen molar-refractivity contribution in [2.24, 2.45) is 14.1 Å². The number of anilines is 1. The number of fused-ring (bicyclic) bond motifs is 1. The molecule has 1 aromatic carbocycles. The van der Waals surface area contributed by atoms with E-state index in [1.54, 1.807) is 6.20 Å². The smallest absolute Gasteiger partial charge is 0.298 e. The molecule has 0 spiro atoms. The molecule has 0 unspecified atom stereocenters. The lowest BCUT2D eigenvalue weighted by Gasteiger charge is -2.07. The minimum Gasteiger partial charge on any atom is -0.298 e. The van der Waals surface area contributed by atoms with E-state index in [-0.39, 0.29) is 16.6 Å². The summed E-state index contributed by atoms with van der Waals surface area (Å²) in [7, 11) is 2.90. The van der Waals surface area contributed by atoms with Crippen LogP contribution in [0.1, 0.15) is 20.8 Å². The second-order valence-electron chi connectivity index (χ2n) is 6.65. The maximum atomic E-state index is 12.6. The Morgan fingerprint density at radius 3 is 2.67 bits per heavy atom. The molecule has 0 aliphatic carbocycles. The minimum absolute atomic E-state index is 0.186. The Balaban J connectivity index is 1.58. The predicted octanol–water partition coefficient (Wildman–Crippen LogP) is 2.59. The summed E-state index contributed by atoms with van der Waals surface area (Å²) >= 11 is 7.54. The van der Waals surface area contributed by atoms with Crippen LogP contribution in [-0.4, -0.2) is 25.0 Å². The lowest BCUT2D eigenvalue weighted by atomic mass is 10.1. The summed E-state index contributed by atoms with van der Waals surface area (Å²) in [4.78, 5) is 46.4. The molecule has 0 aliphatic heterocycles. The van der Waals surface area contributed by atoms with E-state index in [2.05, 4.69) is 15.3 Å². The summed E-state index contributed by atoms with van der Waals surface area (Å²) in [5, 5.41) is 4.01. The molecule has 4 rings (SSSR count). The molecule has 0 fully saturated rings. The number of aryl methyl sites for hydroxylation is 1. The van der Waals surface area contributed by atoms with Crippen LogP contribution in [0.4, 0.5) is 5.13 Å². The van der Waals surface area contributed by atoms with Crippen LogP contribution in [0.25, 0.3) is 11.0 Å². The maximum absolute atomic E-state index is 12.6. The summed E-state index contributed by atoms with van der Waals surface area (Å²) in [6.45, 7) is 0. The van der Waals surface area contributed by atoms with Crippen LogP contribution < -0.4 is 16.6 Å². The van der Waals surface area contributed by atoms with Gasteiger partial charge in [-0.25, -0.2) is 14.8 Å². The fraction of sp³-hybridized carbons (Fsp3) is 0.150. The fourth-order valence-electron chi connectivity index (χ4n) is 3.04. The summed E-state index contributed by atoms with van der Waals surface area (Å²) in [6, 6.07) is 8.98. The first-order valence-corrected chi connectivity index (χ1v) is 10.1. The van der Waals surface area contributed by atoms with E-state index < -0.39 is 17.2 Å². The molecule has 0 bridgehead atoms. The monoisotopic (exact) mass is 441 g/mol. The number of benzene rings is 1. The van der Waals surface area contributed by atoms with Crippen molar-refractivity contribution >= 4 is 45.0 Å². The molecule has 0 saturated heterocycles. The number of hydrogen-bond acceptors (Lipinski definition) is 6. The Labute approximate surface area is 179 Å². The normalized spacial score (nSPS) is 11.0. The number of thiazole rings is 1. The van der Waals surface area contributed by atoms with Crippen molar-refractivity contribution in [2.75, 3.05) is 5.32 Å². The van der Waals surface area contributed by atoms with Crippen LogP contribution in [0, 0.1) is 0 Å². The molecule has 3 aromatic heterocycles. The van der Waals surface area contributed by atoms with E-state index >= 15 is 0 Å². The van der Waals surface area contributed by atoms with Crippen LogP contribution >= 0.6 is 22.9 Å². The van der Waals surface area contributed by atoms with Crippen LogP contribution in [-0.2, 0) is 20.5 Å². The number of hydrogen-bond donors (Lipinski definition) is 1. The Kier molecular flexibility index (Phi) is 5.23. The standard InChI is InChI=1S/C20H16ClN5O3S/c1-25-16-14(18(28)26(2)20(25)29)8-12(9-22-16)17(27)24-19-23-10-13(30-19)7-11-5-3-4-6-15(11)21/h3-6,8-10H,7H2,1-2H3,(H,23,24,27). The first kappa shape index (κ1) is 20.0. The van der Waals surface area contributed by atoms with Gasteiger partial charge in [-0.05, 0) is 17.7 Å². The zero-order chi connectivity index (χ0) is 21.4. The Morgan fingerprint density at radius 1 is 1.13 bits per heavy atom. The van der Waals surface area contributed by atoms with Crippen molar-refractivity contribution in [3.8, 4) is 0 Å². The molecular weight excluding hydrogens is 426 g/mol. The fourth-order valence-corrected chi connectivity index (χ4v) is 4.07. The highest BCUT2D eigenvalue weighted by Gasteiger charge is 2.15. The van der Waals surface area contributed by atoms with Gasteiger partial charge in [0, 0.05) is 42.8 Å². The molecular formula is C20H16ClN5O3S.